The molecule has 178 valence electrons. The van der Waals surface area contributed by atoms with E-state index in [0.717, 1.165) is 0 Å². The van der Waals surface area contributed by atoms with Crippen molar-refractivity contribution < 1.29 is 23.4 Å². The van der Waals surface area contributed by atoms with Gasteiger partial charge in [0.1, 0.15) is 5.82 Å². The Morgan fingerprint density at radius 3 is 2.71 bits per heavy atom. The van der Waals surface area contributed by atoms with E-state index in [1.54, 1.807) is 25.3 Å². The van der Waals surface area contributed by atoms with Crippen molar-refractivity contribution in [2.45, 2.75) is 38.1 Å². The summed E-state index contributed by atoms with van der Waals surface area (Å²) < 4.78 is 31.8. The number of hydrogen-bond donors (Lipinski definition) is 0. The SMILES string of the molecule is CCCC(=O)N1c2ccc(F)cc2-c2nnc(SC)nc2O[C@@H]1c1ccc(OCC)c(OC)c1. The van der Waals surface area contributed by atoms with Crippen LogP contribution < -0.4 is 19.1 Å². The van der Waals surface area contributed by atoms with Crippen LogP contribution in [0.4, 0.5) is 10.1 Å². The van der Waals surface area contributed by atoms with Crippen molar-refractivity contribution >= 4 is 23.4 Å². The average molecular weight is 485 g/mol. The summed E-state index contributed by atoms with van der Waals surface area (Å²) in [5.41, 5.74) is 1.75. The summed E-state index contributed by atoms with van der Waals surface area (Å²) in [7, 11) is 1.55. The van der Waals surface area contributed by atoms with Gasteiger partial charge in [0.05, 0.1) is 19.4 Å². The molecule has 0 saturated carbocycles. The Kier molecular flexibility index (Phi) is 7.16. The van der Waals surface area contributed by atoms with E-state index in [1.165, 1.54) is 28.8 Å². The van der Waals surface area contributed by atoms with Crippen molar-refractivity contribution in [3.63, 3.8) is 0 Å². The summed E-state index contributed by atoms with van der Waals surface area (Å²) in [6, 6.07) is 9.53. The van der Waals surface area contributed by atoms with E-state index in [2.05, 4.69) is 15.2 Å². The molecule has 0 aliphatic carbocycles. The molecule has 2 aromatic carbocycles. The van der Waals surface area contributed by atoms with Gasteiger partial charge in [-0.1, -0.05) is 18.7 Å². The Labute approximate surface area is 201 Å². The van der Waals surface area contributed by atoms with Gasteiger partial charge < -0.3 is 14.2 Å². The van der Waals surface area contributed by atoms with Gasteiger partial charge in [0, 0.05) is 17.5 Å². The predicted molar refractivity (Wildman–Crippen MR) is 127 cm³/mol. The van der Waals surface area contributed by atoms with Crippen LogP contribution in [0.5, 0.6) is 17.4 Å². The molecule has 1 aliphatic heterocycles. The summed E-state index contributed by atoms with van der Waals surface area (Å²) in [6.07, 6.45) is 1.82. The summed E-state index contributed by atoms with van der Waals surface area (Å²) in [6.45, 7) is 4.28. The number of carbonyl (C=O) groups is 1. The molecule has 3 aromatic rings. The third kappa shape index (κ3) is 4.50. The van der Waals surface area contributed by atoms with E-state index in [-0.39, 0.29) is 23.9 Å². The van der Waals surface area contributed by atoms with Gasteiger partial charge in [0.2, 0.25) is 23.2 Å². The molecule has 0 N–H and O–H groups in total. The first kappa shape index (κ1) is 23.7. The first-order valence-electron chi connectivity index (χ1n) is 10.9. The van der Waals surface area contributed by atoms with E-state index in [9.17, 15) is 9.18 Å². The Morgan fingerprint density at radius 1 is 1.18 bits per heavy atom. The number of halogens is 1. The molecule has 1 aromatic heterocycles. The van der Waals surface area contributed by atoms with Crippen LogP contribution >= 0.6 is 11.8 Å². The number of rotatable bonds is 7. The van der Waals surface area contributed by atoms with Crippen LogP contribution in [0.15, 0.2) is 41.6 Å². The van der Waals surface area contributed by atoms with Crippen molar-refractivity contribution in [2.75, 3.05) is 24.9 Å². The highest BCUT2D eigenvalue weighted by Crippen LogP contribution is 2.45. The van der Waals surface area contributed by atoms with E-state index in [4.69, 9.17) is 14.2 Å². The number of anilines is 1. The number of fused-ring (bicyclic) bond motifs is 3. The number of hydrogen-bond acceptors (Lipinski definition) is 8. The lowest BCUT2D eigenvalue weighted by atomic mass is 10.1. The second-order valence-corrected chi connectivity index (χ2v) is 8.21. The molecule has 0 spiro atoms. The Bertz CT molecular complexity index is 1210. The molecule has 34 heavy (non-hydrogen) atoms. The van der Waals surface area contributed by atoms with Gasteiger partial charge in [0.25, 0.3) is 0 Å². The standard InChI is InChI=1S/C24H25FN4O4S/c1-5-7-20(30)29-17-10-9-15(25)13-16(17)21-22(26-24(34-4)28-27-21)33-23(29)14-8-11-18(32-6-2)19(12-14)31-3/h8-13,23H,5-7H2,1-4H3/t23-/m1/s1. The minimum absolute atomic E-state index is 0.163. The molecule has 0 radical (unpaired) electrons. The predicted octanol–water partition coefficient (Wildman–Crippen LogP) is 5.03. The topological polar surface area (TPSA) is 86.7 Å². The number of methoxy groups -OCH3 is 1. The number of ether oxygens (including phenoxy) is 3. The highest BCUT2D eigenvalue weighted by Gasteiger charge is 2.36. The molecule has 0 fully saturated rings. The minimum atomic E-state index is -0.902. The molecule has 2 heterocycles. The smallest absolute Gasteiger partial charge is 0.247 e. The summed E-state index contributed by atoms with van der Waals surface area (Å²) >= 11 is 1.30. The Morgan fingerprint density at radius 2 is 2.00 bits per heavy atom. The molecular weight excluding hydrogens is 459 g/mol. The first-order valence-corrected chi connectivity index (χ1v) is 12.1. The third-order valence-electron chi connectivity index (χ3n) is 5.25. The largest absolute Gasteiger partial charge is 0.493 e. The van der Waals surface area contributed by atoms with Crippen LogP contribution in [0.2, 0.25) is 0 Å². The lowest BCUT2D eigenvalue weighted by Crippen LogP contribution is -2.37. The van der Waals surface area contributed by atoms with Gasteiger partial charge in [0.15, 0.2) is 17.2 Å². The number of benzene rings is 2. The second kappa shape index (κ2) is 10.3. The van der Waals surface area contributed by atoms with Crippen molar-refractivity contribution in [3.8, 4) is 28.6 Å². The van der Waals surface area contributed by atoms with Crippen LogP contribution in [0.3, 0.4) is 0 Å². The molecular formula is C24H25FN4O4S. The van der Waals surface area contributed by atoms with Crippen molar-refractivity contribution in [1.29, 1.82) is 0 Å². The zero-order chi connectivity index (χ0) is 24.2. The molecule has 1 atom stereocenters. The van der Waals surface area contributed by atoms with Gasteiger partial charge in [-0.05, 0) is 56.0 Å². The maximum Gasteiger partial charge on any atom is 0.247 e. The highest BCUT2D eigenvalue weighted by atomic mass is 32.2. The maximum atomic E-state index is 14.3. The fourth-order valence-corrected chi connectivity index (χ4v) is 4.05. The maximum absolute atomic E-state index is 14.3. The monoisotopic (exact) mass is 484 g/mol. The highest BCUT2D eigenvalue weighted by molar-refractivity contribution is 7.98. The van der Waals surface area contributed by atoms with Crippen molar-refractivity contribution in [2.24, 2.45) is 0 Å². The zero-order valence-electron chi connectivity index (χ0n) is 19.4. The molecule has 0 saturated heterocycles. The van der Waals surface area contributed by atoms with Crippen LogP contribution in [0.25, 0.3) is 11.3 Å². The normalized spacial score (nSPS) is 14.5. The van der Waals surface area contributed by atoms with Gasteiger partial charge in [-0.15, -0.1) is 10.2 Å². The molecule has 4 rings (SSSR count). The lowest BCUT2D eigenvalue weighted by Gasteiger charge is -2.31. The number of thioether (sulfide) groups is 1. The fraction of sp³-hybridized carbons (Fsp3) is 0.333. The Hall–Kier alpha value is -3.40. The quantitative estimate of drug-likeness (QED) is 0.432. The average Bonchev–Trinajstić information content (AvgIpc) is 2.98. The van der Waals surface area contributed by atoms with Crippen molar-refractivity contribution in [1.82, 2.24) is 15.2 Å². The summed E-state index contributed by atoms with van der Waals surface area (Å²) in [5, 5.41) is 8.76. The molecule has 1 aliphatic rings. The summed E-state index contributed by atoms with van der Waals surface area (Å²) in [5.74, 6) is 0.588. The van der Waals surface area contributed by atoms with E-state index in [0.29, 0.717) is 46.5 Å². The number of carbonyl (C=O) groups excluding carboxylic acids is 1. The molecule has 10 heteroatoms. The molecule has 0 bridgehead atoms. The van der Waals surface area contributed by atoms with E-state index >= 15 is 0 Å². The molecule has 0 unspecified atom stereocenters. The van der Waals surface area contributed by atoms with Gasteiger partial charge in [-0.2, -0.15) is 4.98 Å². The van der Waals surface area contributed by atoms with Gasteiger partial charge in [-0.3, -0.25) is 9.69 Å². The molecule has 1 amide bonds. The van der Waals surface area contributed by atoms with Crippen LogP contribution in [0, 0.1) is 5.82 Å². The zero-order valence-corrected chi connectivity index (χ0v) is 20.2. The van der Waals surface area contributed by atoms with Gasteiger partial charge >= 0.3 is 0 Å². The third-order valence-corrected chi connectivity index (χ3v) is 5.79. The van der Waals surface area contributed by atoms with E-state index < -0.39 is 12.0 Å². The van der Waals surface area contributed by atoms with Crippen LogP contribution in [-0.2, 0) is 4.79 Å². The van der Waals surface area contributed by atoms with E-state index in [1.807, 2.05) is 26.2 Å². The number of nitrogens with zero attached hydrogens (tertiary/aromatic N) is 4. The number of amides is 1. The first-order chi connectivity index (χ1) is 16.5. The van der Waals surface area contributed by atoms with Gasteiger partial charge in [-0.25, -0.2) is 4.39 Å². The van der Waals surface area contributed by atoms with Crippen molar-refractivity contribution in [3.05, 3.63) is 47.8 Å². The summed E-state index contributed by atoms with van der Waals surface area (Å²) in [4.78, 5) is 19.4. The molecule has 8 nitrogen and oxygen atoms in total. The fourth-order valence-electron chi connectivity index (χ4n) is 3.76. The lowest BCUT2D eigenvalue weighted by molar-refractivity contribution is -0.120. The number of aromatic nitrogens is 3. The second-order valence-electron chi connectivity index (χ2n) is 7.44. The van der Waals surface area contributed by atoms with Crippen LogP contribution in [-0.4, -0.2) is 41.1 Å². The minimum Gasteiger partial charge on any atom is -0.493 e. The Balaban J connectivity index is 1.95. The van der Waals surface area contributed by atoms with Crippen LogP contribution in [0.1, 0.15) is 38.5 Å².